The number of nitrogens with one attached hydrogen (secondary N) is 1. The maximum absolute atomic E-state index is 13.8. The van der Waals surface area contributed by atoms with Crippen molar-refractivity contribution >= 4 is 5.69 Å². The van der Waals surface area contributed by atoms with Gasteiger partial charge in [0.25, 0.3) is 0 Å². The molecule has 19 heavy (non-hydrogen) atoms. The summed E-state index contributed by atoms with van der Waals surface area (Å²) >= 11 is 0. The molecule has 0 heterocycles. The zero-order chi connectivity index (χ0) is 14.1. The SMILES string of the molecule is CC1CC(C)(C)CCC1(CO)Nc1ccccc1F. The van der Waals surface area contributed by atoms with E-state index in [0.717, 1.165) is 19.3 Å². The first-order valence-electron chi connectivity index (χ1n) is 7.02. The molecular formula is C16H24FNO. The molecule has 1 aliphatic carbocycles. The molecule has 0 bridgehead atoms. The van der Waals surface area contributed by atoms with Crippen molar-refractivity contribution in [1.82, 2.24) is 0 Å². The third-order valence-corrected chi connectivity index (χ3v) is 4.59. The van der Waals surface area contributed by atoms with E-state index in [1.165, 1.54) is 6.07 Å². The molecule has 0 spiro atoms. The minimum absolute atomic E-state index is 0.0403. The summed E-state index contributed by atoms with van der Waals surface area (Å²) in [6.07, 6.45) is 2.94. The van der Waals surface area contributed by atoms with Gasteiger partial charge >= 0.3 is 0 Å². The highest BCUT2D eigenvalue weighted by molar-refractivity contribution is 5.47. The van der Waals surface area contributed by atoms with Gasteiger partial charge in [0, 0.05) is 0 Å². The average molecular weight is 265 g/mol. The number of benzene rings is 1. The van der Waals surface area contributed by atoms with Gasteiger partial charge in [0.1, 0.15) is 5.82 Å². The molecule has 1 fully saturated rings. The summed E-state index contributed by atoms with van der Waals surface area (Å²) in [6, 6.07) is 6.68. The predicted octanol–water partition coefficient (Wildman–Crippen LogP) is 3.81. The van der Waals surface area contributed by atoms with Crippen LogP contribution in [0.1, 0.15) is 40.0 Å². The van der Waals surface area contributed by atoms with E-state index in [2.05, 4.69) is 26.1 Å². The number of aliphatic hydroxyl groups excluding tert-OH is 1. The minimum atomic E-state index is -0.405. The summed E-state index contributed by atoms with van der Waals surface area (Å²) in [7, 11) is 0. The largest absolute Gasteiger partial charge is 0.394 e. The van der Waals surface area contributed by atoms with Gasteiger partial charge in [-0.2, -0.15) is 0 Å². The molecule has 0 aliphatic heterocycles. The Kier molecular flexibility index (Phi) is 3.86. The van der Waals surface area contributed by atoms with E-state index in [-0.39, 0.29) is 12.4 Å². The first-order chi connectivity index (χ1) is 8.88. The lowest BCUT2D eigenvalue weighted by Crippen LogP contribution is -2.52. The molecule has 0 saturated heterocycles. The van der Waals surface area contributed by atoms with Gasteiger partial charge in [0.05, 0.1) is 17.8 Å². The van der Waals surface area contributed by atoms with Crippen LogP contribution in [-0.4, -0.2) is 17.3 Å². The highest BCUT2D eigenvalue weighted by Gasteiger charge is 2.43. The fraction of sp³-hybridized carbons (Fsp3) is 0.625. The first-order valence-corrected chi connectivity index (χ1v) is 7.02. The molecule has 2 nitrogen and oxygen atoms in total. The Morgan fingerprint density at radius 3 is 2.58 bits per heavy atom. The standard InChI is InChI=1S/C16H24FNO/c1-12-10-15(2,3)8-9-16(12,11-19)18-14-7-5-4-6-13(14)17/h4-7,12,18-19H,8-11H2,1-3H3. The lowest BCUT2D eigenvalue weighted by molar-refractivity contribution is 0.0683. The van der Waals surface area contributed by atoms with Crippen LogP contribution in [0.25, 0.3) is 0 Å². The second kappa shape index (κ2) is 5.12. The summed E-state index contributed by atoms with van der Waals surface area (Å²) in [5.74, 6) is 0.0493. The van der Waals surface area contributed by atoms with Crippen LogP contribution in [0.2, 0.25) is 0 Å². The lowest BCUT2D eigenvalue weighted by Gasteiger charge is -2.48. The van der Waals surface area contributed by atoms with Gasteiger partial charge < -0.3 is 10.4 Å². The number of aliphatic hydroxyl groups is 1. The van der Waals surface area contributed by atoms with E-state index >= 15 is 0 Å². The summed E-state index contributed by atoms with van der Waals surface area (Å²) in [5, 5.41) is 13.1. The molecule has 0 aromatic heterocycles. The quantitative estimate of drug-likeness (QED) is 0.871. The van der Waals surface area contributed by atoms with Crippen molar-refractivity contribution in [2.24, 2.45) is 11.3 Å². The van der Waals surface area contributed by atoms with E-state index in [9.17, 15) is 9.50 Å². The molecule has 1 saturated carbocycles. The van der Waals surface area contributed by atoms with Crippen molar-refractivity contribution in [2.75, 3.05) is 11.9 Å². The van der Waals surface area contributed by atoms with Gasteiger partial charge in [-0.1, -0.05) is 32.9 Å². The van der Waals surface area contributed by atoms with Crippen LogP contribution >= 0.6 is 0 Å². The number of para-hydroxylation sites is 1. The molecular weight excluding hydrogens is 241 g/mol. The fourth-order valence-corrected chi connectivity index (χ4v) is 3.23. The van der Waals surface area contributed by atoms with Crippen molar-refractivity contribution in [3.63, 3.8) is 0 Å². The van der Waals surface area contributed by atoms with Gasteiger partial charge in [-0.15, -0.1) is 0 Å². The Balaban J connectivity index is 2.22. The van der Waals surface area contributed by atoms with E-state index < -0.39 is 5.54 Å². The van der Waals surface area contributed by atoms with Crippen LogP contribution in [-0.2, 0) is 0 Å². The topological polar surface area (TPSA) is 32.3 Å². The lowest BCUT2D eigenvalue weighted by atomic mass is 9.64. The molecule has 0 amide bonds. The van der Waals surface area contributed by atoms with Gasteiger partial charge in [-0.3, -0.25) is 0 Å². The number of hydrogen-bond acceptors (Lipinski definition) is 2. The predicted molar refractivity (Wildman–Crippen MR) is 76.6 cm³/mol. The van der Waals surface area contributed by atoms with E-state index in [0.29, 0.717) is 17.0 Å². The monoisotopic (exact) mass is 265 g/mol. The summed E-state index contributed by atoms with van der Waals surface area (Å²) in [6.45, 7) is 6.70. The fourth-order valence-electron chi connectivity index (χ4n) is 3.23. The molecule has 3 heteroatoms. The maximum atomic E-state index is 13.8. The first kappa shape index (κ1) is 14.3. The number of halogens is 1. The molecule has 1 aromatic rings. The molecule has 2 N–H and O–H groups in total. The number of anilines is 1. The Bertz CT molecular complexity index is 446. The third-order valence-electron chi connectivity index (χ3n) is 4.59. The molecule has 2 atom stereocenters. The van der Waals surface area contributed by atoms with Crippen molar-refractivity contribution in [3.8, 4) is 0 Å². The van der Waals surface area contributed by atoms with Crippen molar-refractivity contribution in [3.05, 3.63) is 30.1 Å². The molecule has 2 unspecified atom stereocenters. The Labute approximate surface area is 115 Å². The minimum Gasteiger partial charge on any atom is -0.394 e. The zero-order valence-electron chi connectivity index (χ0n) is 12.0. The van der Waals surface area contributed by atoms with Gasteiger partial charge in [0.2, 0.25) is 0 Å². The summed E-state index contributed by atoms with van der Waals surface area (Å²) in [5.41, 5.74) is 0.385. The van der Waals surface area contributed by atoms with Crippen LogP contribution in [0.5, 0.6) is 0 Å². The summed E-state index contributed by atoms with van der Waals surface area (Å²) < 4.78 is 13.8. The molecule has 1 aromatic carbocycles. The van der Waals surface area contributed by atoms with E-state index in [4.69, 9.17) is 0 Å². The third kappa shape index (κ3) is 2.92. The van der Waals surface area contributed by atoms with Crippen LogP contribution in [0, 0.1) is 17.2 Å². The zero-order valence-corrected chi connectivity index (χ0v) is 12.0. The second-order valence-corrected chi connectivity index (χ2v) is 6.69. The molecule has 1 aliphatic rings. The molecule has 106 valence electrons. The number of rotatable bonds is 3. The Hall–Kier alpha value is -1.09. The highest BCUT2D eigenvalue weighted by atomic mass is 19.1. The van der Waals surface area contributed by atoms with Crippen molar-refractivity contribution < 1.29 is 9.50 Å². The number of hydrogen-bond donors (Lipinski definition) is 2. The van der Waals surface area contributed by atoms with Crippen LogP contribution in [0.4, 0.5) is 10.1 Å². The highest BCUT2D eigenvalue weighted by Crippen LogP contribution is 2.45. The summed E-state index contributed by atoms with van der Waals surface area (Å²) in [4.78, 5) is 0. The van der Waals surface area contributed by atoms with Gasteiger partial charge in [-0.25, -0.2) is 4.39 Å². The van der Waals surface area contributed by atoms with E-state index in [1.54, 1.807) is 12.1 Å². The second-order valence-electron chi connectivity index (χ2n) is 6.69. The normalized spacial score (nSPS) is 30.1. The molecule has 0 radical (unpaired) electrons. The molecule has 2 rings (SSSR count). The van der Waals surface area contributed by atoms with Crippen molar-refractivity contribution in [2.45, 2.75) is 45.6 Å². The van der Waals surface area contributed by atoms with Crippen LogP contribution < -0.4 is 5.32 Å². The Morgan fingerprint density at radius 2 is 2.00 bits per heavy atom. The van der Waals surface area contributed by atoms with Crippen LogP contribution in [0.3, 0.4) is 0 Å². The van der Waals surface area contributed by atoms with Gasteiger partial charge in [0.15, 0.2) is 0 Å². The smallest absolute Gasteiger partial charge is 0.146 e. The average Bonchev–Trinajstić information content (AvgIpc) is 2.35. The Morgan fingerprint density at radius 1 is 1.32 bits per heavy atom. The maximum Gasteiger partial charge on any atom is 0.146 e. The van der Waals surface area contributed by atoms with Crippen LogP contribution in [0.15, 0.2) is 24.3 Å². The van der Waals surface area contributed by atoms with E-state index in [1.807, 2.05) is 6.07 Å². The van der Waals surface area contributed by atoms with Gasteiger partial charge in [-0.05, 0) is 42.7 Å². The van der Waals surface area contributed by atoms with Crippen molar-refractivity contribution in [1.29, 1.82) is 0 Å².